The molecule has 2 rings (SSSR count). The minimum absolute atomic E-state index is 0.147. The van der Waals surface area contributed by atoms with E-state index in [0.29, 0.717) is 5.56 Å². The molecule has 0 amide bonds. The van der Waals surface area contributed by atoms with Crippen LogP contribution in [0, 0.1) is 5.82 Å². The summed E-state index contributed by atoms with van der Waals surface area (Å²) in [5.41, 5.74) is 0.588. The Morgan fingerprint density at radius 1 is 1.06 bits per heavy atom. The molecule has 88 valence electrons. The minimum Gasteiger partial charge on any atom is -0.392 e. The maximum Gasteiger partial charge on any atom is 0.124 e. The fourth-order valence-electron chi connectivity index (χ4n) is 1.41. The van der Waals surface area contributed by atoms with Crippen molar-refractivity contribution in [2.75, 3.05) is 0 Å². The van der Waals surface area contributed by atoms with Gasteiger partial charge in [-0.05, 0) is 48.0 Å². The van der Waals surface area contributed by atoms with Gasteiger partial charge in [0.15, 0.2) is 0 Å². The van der Waals surface area contributed by atoms with Crippen molar-refractivity contribution in [2.45, 2.75) is 16.4 Å². The van der Waals surface area contributed by atoms with E-state index in [1.54, 1.807) is 6.07 Å². The molecule has 4 heteroatoms. The standard InChI is InChI=1S/C13H10BrFOS/c14-10-1-3-12(4-2-10)17-13-6-9(8-16)5-11(15)7-13/h1-7,16H,8H2. The lowest BCUT2D eigenvalue weighted by Crippen LogP contribution is -1.86. The van der Waals surface area contributed by atoms with Gasteiger partial charge in [-0.3, -0.25) is 0 Å². The summed E-state index contributed by atoms with van der Waals surface area (Å²) in [6.07, 6.45) is 0. The second-order valence-electron chi connectivity index (χ2n) is 3.51. The van der Waals surface area contributed by atoms with E-state index in [2.05, 4.69) is 15.9 Å². The van der Waals surface area contributed by atoms with E-state index in [9.17, 15) is 4.39 Å². The Morgan fingerprint density at radius 3 is 2.41 bits per heavy atom. The zero-order valence-electron chi connectivity index (χ0n) is 8.86. The summed E-state index contributed by atoms with van der Waals surface area (Å²) in [6, 6.07) is 12.4. The number of aliphatic hydroxyl groups excluding tert-OH is 1. The Bertz CT molecular complexity index is 513. The molecule has 2 aromatic rings. The third kappa shape index (κ3) is 3.56. The second-order valence-corrected chi connectivity index (χ2v) is 5.57. The van der Waals surface area contributed by atoms with Crippen molar-refractivity contribution in [3.8, 4) is 0 Å². The Kier molecular flexibility index (Phi) is 4.20. The van der Waals surface area contributed by atoms with Crippen molar-refractivity contribution in [3.63, 3.8) is 0 Å². The third-order valence-corrected chi connectivity index (χ3v) is 3.67. The van der Waals surface area contributed by atoms with Gasteiger partial charge in [-0.2, -0.15) is 0 Å². The number of hydrogen-bond acceptors (Lipinski definition) is 2. The Labute approximate surface area is 112 Å². The quantitative estimate of drug-likeness (QED) is 0.915. The van der Waals surface area contributed by atoms with Crippen LogP contribution in [0.4, 0.5) is 4.39 Å². The van der Waals surface area contributed by atoms with Gasteiger partial charge in [-0.1, -0.05) is 27.7 Å². The second kappa shape index (κ2) is 5.67. The lowest BCUT2D eigenvalue weighted by molar-refractivity contribution is 0.281. The molecule has 2 aromatic carbocycles. The summed E-state index contributed by atoms with van der Waals surface area (Å²) in [4.78, 5) is 1.82. The lowest BCUT2D eigenvalue weighted by Gasteiger charge is -2.04. The van der Waals surface area contributed by atoms with Gasteiger partial charge >= 0.3 is 0 Å². The smallest absolute Gasteiger partial charge is 0.124 e. The van der Waals surface area contributed by atoms with Gasteiger partial charge in [-0.25, -0.2) is 4.39 Å². The molecule has 0 aliphatic heterocycles. The minimum atomic E-state index is -0.323. The molecule has 0 bridgehead atoms. The summed E-state index contributed by atoms with van der Waals surface area (Å²) < 4.78 is 14.3. The van der Waals surface area contributed by atoms with Gasteiger partial charge in [0.1, 0.15) is 5.82 Å². The van der Waals surface area contributed by atoms with Gasteiger partial charge in [0, 0.05) is 14.3 Å². The summed E-state index contributed by atoms with van der Waals surface area (Å²) in [5, 5.41) is 9.01. The Morgan fingerprint density at radius 2 is 1.76 bits per heavy atom. The molecule has 0 saturated carbocycles. The molecule has 0 aromatic heterocycles. The van der Waals surface area contributed by atoms with E-state index < -0.39 is 0 Å². The first-order chi connectivity index (χ1) is 8.17. The average molecular weight is 313 g/mol. The van der Waals surface area contributed by atoms with Gasteiger partial charge in [0.25, 0.3) is 0 Å². The molecule has 1 N–H and O–H groups in total. The molecular weight excluding hydrogens is 303 g/mol. The number of hydrogen-bond donors (Lipinski definition) is 1. The predicted octanol–water partition coefficient (Wildman–Crippen LogP) is 4.23. The van der Waals surface area contributed by atoms with Crippen LogP contribution in [-0.4, -0.2) is 5.11 Å². The topological polar surface area (TPSA) is 20.2 Å². The van der Waals surface area contributed by atoms with Gasteiger partial charge in [0.05, 0.1) is 6.61 Å². The van der Waals surface area contributed by atoms with E-state index in [1.165, 1.54) is 23.9 Å². The first-order valence-electron chi connectivity index (χ1n) is 5.01. The highest BCUT2D eigenvalue weighted by Crippen LogP contribution is 2.29. The average Bonchev–Trinajstić information content (AvgIpc) is 2.31. The van der Waals surface area contributed by atoms with Crippen LogP contribution in [0.3, 0.4) is 0 Å². The van der Waals surface area contributed by atoms with Crippen LogP contribution in [0.5, 0.6) is 0 Å². The van der Waals surface area contributed by atoms with Crippen LogP contribution in [0.15, 0.2) is 56.7 Å². The number of halogens is 2. The fraction of sp³-hybridized carbons (Fsp3) is 0.0769. The Balaban J connectivity index is 2.23. The first kappa shape index (κ1) is 12.6. The van der Waals surface area contributed by atoms with E-state index >= 15 is 0 Å². The van der Waals surface area contributed by atoms with Crippen LogP contribution in [0.2, 0.25) is 0 Å². The zero-order chi connectivity index (χ0) is 12.3. The lowest BCUT2D eigenvalue weighted by atomic mass is 10.2. The van der Waals surface area contributed by atoms with Crippen molar-refractivity contribution >= 4 is 27.7 Å². The van der Waals surface area contributed by atoms with E-state index in [1.807, 2.05) is 24.3 Å². The van der Waals surface area contributed by atoms with Crippen molar-refractivity contribution in [1.29, 1.82) is 0 Å². The SMILES string of the molecule is OCc1cc(F)cc(Sc2ccc(Br)cc2)c1. The molecule has 0 fully saturated rings. The Hall–Kier alpha value is -0.840. The van der Waals surface area contributed by atoms with E-state index in [4.69, 9.17) is 5.11 Å². The van der Waals surface area contributed by atoms with Gasteiger partial charge in [0.2, 0.25) is 0 Å². The maximum atomic E-state index is 13.2. The summed E-state index contributed by atoms with van der Waals surface area (Å²) >= 11 is 4.83. The number of aliphatic hydroxyl groups is 1. The summed E-state index contributed by atoms with van der Waals surface area (Å²) in [5.74, 6) is -0.323. The van der Waals surface area contributed by atoms with Crippen molar-refractivity contribution in [1.82, 2.24) is 0 Å². The largest absolute Gasteiger partial charge is 0.392 e. The molecule has 17 heavy (non-hydrogen) atoms. The zero-order valence-corrected chi connectivity index (χ0v) is 11.3. The molecule has 1 nitrogen and oxygen atoms in total. The van der Waals surface area contributed by atoms with Crippen molar-refractivity contribution < 1.29 is 9.50 Å². The first-order valence-corrected chi connectivity index (χ1v) is 6.62. The van der Waals surface area contributed by atoms with Crippen LogP contribution in [0.25, 0.3) is 0 Å². The van der Waals surface area contributed by atoms with Gasteiger partial charge in [-0.15, -0.1) is 0 Å². The third-order valence-electron chi connectivity index (χ3n) is 2.16. The van der Waals surface area contributed by atoms with Crippen molar-refractivity contribution in [3.05, 3.63) is 58.3 Å². The molecule has 0 atom stereocenters. The molecule has 0 heterocycles. The summed E-state index contributed by atoms with van der Waals surface area (Å²) in [6.45, 7) is -0.147. The number of benzene rings is 2. The highest BCUT2D eigenvalue weighted by molar-refractivity contribution is 9.10. The highest BCUT2D eigenvalue weighted by atomic mass is 79.9. The van der Waals surface area contributed by atoms with Crippen LogP contribution < -0.4 is 0 Å². The van der Waals surface area contributed by atoms with Gasteiger partial charge < -0.3 is 5.11 Å². The molecule has 0 saturated heterocycles. The maximum absolute atomic E-state index is 13.2. The fourth-order valence-corrected chi connectivity index (χ4v) is 2.60. The van der Waals surface area contributed by atoms with E-state index in [0.717, 1.165) is 14.3 Å². The van der Waals surface area contributed by atoms with Crippen LogP contribution in [-0.2, 0) is 6.61 Å². The predicted molar refractivity (Wildman–Crippen MR) is 70.6 cm³/mol. The molecule has 0 aliphatic carbocycles. The molecule has 0 spiro atoms. The molecular formula is C13H10BrFOS. The number of rotatable bonds is 3. The highest BCUT2D eigenvalue weighted by Gasteiger charge is 2.02. The molecule has 0 unspecified atom stereocenters. The molecule has 0 aliphatic rings. The van der Waals surface area contributed by atoms with Crippen LogP contribution >= 0.6 is 27.7 Å². The van der Waals surface area contributed by atoms with Crippen LogP contribution in [0.1, 0.15) is 5.56 Å². The monoisotopic (exact) mass is 312 g/mol. The normalized spacial score (nSPS) is 10.5. The summed E-state index contributed by atoms with van der Waals surface area (Å²) in [7, 11) is 0. The van der Waals surface area contributed by atoms with E-state index in [-0.39, 0.29) is 12.4 Å². The molecule has 0 radical (unpaired) electrons. The van der Waals surface area contributed by atoms with Crippen molar-refractivity contribution in [2.24, 2.45) is 0 Å².